The minimum absolute atomic E-state index is 0.135. The van der Waals surface area contributed by atoms with Gasteiger partial charge in [-0.15, -0.1) is 0 Å². The summed E-state index contributed by atoms with van der Waals surface area (Å²) in [5.74, 6) is -0.847. The number of benzene rings is 2. The quantitative estimate of drug-likeness (QED) is 0.420. The fraction of sp³-hybridized carbons (Fsp3) is 0.321. The summed E-state index contributed by atoms with van der Waals surface area (Å²) in [7, 11) is 1.69. The zero-order valence-corrected chi connectivity index (χ0v) is 21.4. The minimum Gasteiger partial charge on any atom is -0.445 e. The second-order valence-electron chi connectivity index (χ2n) is 8.92. The Kier molecular flexibility index (Phi) is 9.60. The number of methoxy groups -OCH3 is 1. The number of pyridine rings is 1. The smallest absolute Gasteiger partial charge is 0.407 e. The summed E-state index contributed by atoms with van der Waals surface area (Å²) in [5, 5.41) is 5.55. The number of alkyl carbamates (subject to hydrolysis) is 1. The largest absolute Gasteiger partial charge is 0.445 e. The van der Waals surface area contributed by atoms with Gasteiger partial charge in [0.05, 0.1) is 12.2 Å². The van der Waals surface area contributed by atoms with Crippen LogP contribution in [-0.2, 0) is 22.6 Å². The van der Waals surface area contributed by atoms with Crippen LogP contribution in [-0.4, -0.2) is 68.3 Å². The second kappa shape index (κ2) is 13.5. The maximum Gasteiger partial charge on any atom is 0.407 e. The summed E-state index contributed by atoms with van der Waals surface area (Å²) in [4.78, 5) is 33.5. The Morgan fingerprint density at radius 3 is 2.53 bits per heavy atom. The van der Waals surface area contributed by atoms with Gasteiger partial charge in [0.15, 0.2) is 0 Å². The molecule has 0 atom stereocenters. The van der Waals surface area contributed by atoms with E-state index in [4.69, 9.17) is 9.47 Å². The van der Waals surface area contributed by atoms with E-state index in [-0.39, 0.29) is 24.6 Å². The van der Waals surface area contributed by atoms with Gasteiger partial charge in [0.25, 0.3) is 5.91 Å². The van der Waals surface area contributed by atoms with Crippen LogP contribution in [0.3, 0.4) is 0 Å². The molecule has 0 spiro atoms. The molecule has 0 radical (unpaired) electrons. The first-order valence-corrected chi connectivity index (χ1v) is 12.5. The molecule has 4 rings (SSSR count). The van der Waals surface area contributed by atoms with Crippen LogP contribution >= 0.6 is 0 Å². The summed E-state index contributed by atoms with van der Waals surface area (Å²) in [6, 6.07) is 15.0. The lowest BCUT2D eigenvalue weighted by Crippen LogP contribution is -2.47. The van der Waals surface area contributed by atoms with E-state index in [1.54, 1.807) is 55.9 Å². The number of ether oxygens (including phenoxy) is 2. The molecule has 2 aromatic carbocycles. The van der Waals surface area contributed by atoms with Crippen molar-refractivity contribution in [2.24, 2.45) is 0 Å². The van der Waals surface area contributed by atoms with Gasteiger partial charge in [0.1, 0.15) is 12.4 Å². The van der Waals surface area contributed by atoms with Crippen molar-refractivity contribution in [3.63, 3.8) is 0 Å². The molecule has 2 heterocycles. The van der Waals surface area contributed by atoms with Crippen LogP contribution in [0, 0.1) is 5.82 Å². The van der Waals surface area contributed by atoms with Crippen molar-refractivity contribution >= 4 is 23.4 Å². The molecule has 9 nitrogen and oxygen atoms in total. The highest BCUT2D eigenvalue weighted by Gasteiger charge is 2.22. The number of aromatic nitrogens is 1. The molecule has 2 amide bonds. The molecule has 10 heteroatoms. The number of hydrogen-bond donors (Lipinski definition) is 2. The standard InChI is InChI=1S/C28H32FN5O4/c1-37-16-15-33-11-13-34(14-12-33)26-9-6-23(29)17-25(26)27(35)32-24-7-4-21(5-8-24)19-31-28(36)38-20-22-3-2-10-30-18-22/h2-10,17-18H,11-16,19-20H2,1H3,(H,31,36)(H,32,35). The van der Waals surface area contributed by atoms with Crippen LogP contribution in [0.2, 0.25) is 0 Å². The molecule has 0 bridgehead atoms. The molecule has 200 valence electrons. The van der Waals surface area contributed by atoms with E-state index in [1.165, 1.54) is 12.1 Å². The Hall–Kier alpha value is -4.02. The number of rotatable bonds is 10. The third kappa shape index (κ3) is 7.74. The number of piperazine rings is 1. The molecule has 1 fully saturated rings. The number of carbonyl (C=O) groups is 2. The summed E-state index contributed by atoms with van der Waals surface area (Å²) in [6.07, 6.45) is 2.75. The first kappa shape index (κ1) is 27.0. The molecular formula is C28H32FN5O4. The lowest BCUT2D eigenvalue weighted by molar-refractivity contribution is 0.102. The number of carbonyl (C=O) groups excluding carboxylic acids is 2. The zero-order chi connectivity index (χ0) is 26.7. The number of anilines is 2. The molecule has 0 aliphatic carbocycles. The average Bonchev–Trinajstić information content (AvgIpc) is 2.95. The highest BCUT2D eigenvalue weighted by molar-refractivity contribution is 6.08. The molecule has 1 aromatic heterocycles. The van der Waals surface area contributed by atoms with Gasteiger partial charge in [-0.1, -0.05) is 18.2 Å². The first-order valence-electron chi connectivity index (χ1n) is 12.5. The fourth-order valence-electron chi connectivity index (χ4n) is 4.16. The summed E-state index contributed by atoms with van der Waals surface area (Å²) < 4.78 is 24.4. The van der Waals surface area contributed by atoms with Gasteiger partial charge >= 0.3 is 6.09 Å². The van der Waals surface area contributed by atoms with E-state index >= 15 is 0 Å². The lowest BCUT2D eigenvalue weighted by Gasteiger charge is -2.36. The van der Waals surface area contributed by atoms with Crippen molar-refractivity contribution in [3.8, 4) is 0 Å². The normalized spacial score (nSPS) is 13.7. The molecular weight excluding hydrogens is 489 g/mol. The van der Waals surface area contributed by atoms with E-state index in [2.05, 4.69) is 25.4 Å². The summed E-state index contributed by atoms with van der Waals surface area (Å²) >= 11 is 0. The molecule has 2 N–H and O–H groups in total. The number of halogens is 1. The number of nitrogens with one attached hydrogen (secondary N) is 2. The van der Waals surface area contributed by atoms with E-state index in [0.29, 0.717) is 18.0 Å². The molecule has 0 saturated carbocycles. The lowest BCUT2D eigenvalue weighted by atomic mass is 10.1. The second-order valence-corrected chi connectivity index (χ2v) is 8.92. The molecule has 38 heavy (non-hydrogen) atoms. The van der Waals surface area contributed by atoms with Crippen molar-refractivity contribution in [1.82, 2.24) is 15.2 Å². The Morgan fingerprint density at radius 2 is 1.82 bits per heavy atom. The summed E-state index contributed by atoms with van der Waals surface area (Å²) in [6.45, 7) is 5.10. The topological polar surface area (TPSA) is 96.0 Å². The maximum atomic E-state index is 14.1. The van der Waals surface area contributed by atoms with E-state index < -0.39 is 11.9 Å². The van der Waals surface area contributed by atoms with Crippen molar-refractivity contribution in [3.05, 3.63) is 89.5 Å². The third-order valence-electron chi connectivity index (χ3n) is 6.27. The van der Waals surface area contributed by atoms with Crippen molar-refractivity contribution in [2.45, 2.75) is 13.2 Å². The Bertz CT molecular complexity index is 1200. The van der Waals surface area contributed by atoms with Crippen molar-refractivity contribution in [1.29, 1.82) is 0 Å². The number of hydrogen-bond acceptors (Lipinski definition) is 7. The van der Waals surface area contributed by atoms with Gasteiger partial charge in [0.2, 0.25) is 0 Å². The highest BCUT2D eigenvalue weighted by Crippen LogP contribution is 2.24. The van der Waals surface area contributed by atoms with Crippen molar-refractivity contribution < 1.29 is 23.5 Å². The third-order valence-corrected chi connectivity index (χ3v) is 6.27. The van der Waals surface area contributed by atoms with Crippen LogP contribution in [0.4, 0.5) is 20.6 Å². The van der Waals surface area contributed by atoms with Gasteiger partial charge < -0.3 is 25.0 Å². The molecule has 3 aromatic rings. The number of amides is 2. The number of nitrogens with zero attached hydrogens (tertiary/aromatic N) is 3. The molecule has 0 unspecified atom stereocenters. The van der Waals surface area contributed by atoms with Crippen molar-refractivity contribution in [2.75, 3.05) is 56.7 Å². The van der Waals surface area contributed by atoms with Crippen LogP contribution in [0.1, 0.15) is 21.5 Å². The van der Waals surface area contributed by atoms with Crippen LogP contribution in [0.5, 0.6) is 0 Å². The zero-order valence-electron chi connectivity index (χ0n) is 21.4. The maximum absolute atomic E-state index is 14.1. The van der Waals surface area contributed by atoms with Gasteiger partial charge in [-0.25, -0.2) is 9.18 Å². The van der Waals surface area contributed by atoms with Crippen LogP contribution in [0.15, 0.2) is 67.0 Å². The van der Waals surface area contributed by atoms with E-state index in [0.717, 1.165) is 43.9 Å². The molecule has 1 saturated heterocycles. The Balaban J connectivity index is 1.30. The van der Waals surface area contributed by atoms with Gasteiger partial charge in [-0.2, -0.15) is 0 Å². The minimum atomic E-state index is -0.538. The van der Waals surface area contributed by atoms with Gasteiger partial charge in [-0.3, -0.25) is 14.7 Å². The predicted molar refractivity (Wildman–Crippen MR) is 143 cm³/mol. The molecule has 1 aliphatic rings. The Labute approximate surface area is 221 Å². The SMILES string of the molecule is COCCN1CCN(c2ccc(F)cc2C(=O)Nc2ccc(CNC(=O)OCc3cccnc3)cc2)CC1. The molecule has 1 aliphatic heterocycles. The van der Waals surface area contributed by atoms with Gasteiger partial charge in [-0.05, 0) is 42.0 Å². The average molecular weight is 522 g/mol. The Morgan fingerprint density at radius 1 is 1.03 bits per heavy atom. The van der Waals surface area contributed by atoms with Crippen LogP contribution < -0.4 is 15.5 Å². The summed E-state index contributed by atoms with van der Waals surface area (Å²) in [5.41, 5.74) is 3.20. The predicted octanol–water partition coefficient (Wildman–Crippen LogP) is 3.67. The fourth-order valence-corrected chi connectivity index (χ4v) is 4.16. The van der Waals surface area contributed by atoms with E-state index in [1.807, 2.05) is 6.07 Å². The monoisotopic (exact) mass is 521 g/mol. The highest BCUT2D eigenvalue weighted by atomic mass is 19.1. The van der Waals surface area contributed by atoms with Gasteiger partial charge in [0, 0.05) is 75.7 Å². The first-order chi connectivity index (χ1) is 18.5. The van der Waals surface area contributed by atoms with E-state index in [9.17, 15) is 14.0 Å². The van der Waals surface area contributed by atoms with Crippen LogP contribution in [0.25, 0.3) is 0 Å².